The van der Waals surface area contributed by atoms with Crippen LogP contribution in [0.2, 0.25) is 0 Å². The van der Waals surface area contributed by atoms with E-state index >= 15 is 0 Å². The van der Waals surface area contributed by atoms with Crippen molar-refractivity contribution in [1.29, 1.82) is 0 Å². The normalized spacial score (nSPS) is 11.0. The molecule has 3 rings (SSSR count). The summed E-state index contributed by atoms with van der Waals surface area (Å²) in [6.45, 7) is 1.39. The highest BCUT2D eigenvalue weighted by atomic mass is 19.4. The molecule has 7 nitrogen and oxygen atoms in total. The van der Waals surface area contributed by atoms with Crippen LogP contribution in [-0.4, -0.2) is 21.1 Å². The van der Waals surface area contributed by atoms with Crippen molar-refractivity contribution in [2.45, 2.75) is 13.1 Å². The van der Waals surface area contributed by atoms with E-state index in [9.17, 15) is 18.0 Å². The number of hydrogen-bond acceptors (Lipinski definition) is 6. The lowest BCUT2D eigenvalue weighted by molar-refractivity contribution is -0.136. The first kappa shape index (κ1) is 19.1. The van der Waals surface area contributed by atoms with E-state index in [1.54, 1.807) is 24.3 Å². The Hall–Kier alpha value is -3.69. The third kappa shape index (κ3) is 4.93. The lowest BCUT2D eigenvalue weighted by atomic mass is 10.1. The molecule has 3 N–H and O–H groups in total. The van der Waals surface area contributed by atoms with Gasteiger partial charge in [0.25, 0.3) is 0 Å². The van der Waals surface area contributed by atoms with Crippen molar-refractivity contribution in [1.82, 2.24) is 15.2 Å². The van der Waals surface area contributed by atoms with Crippen LogP contribution in [0.3, 0.4) is 0 Å². The molecule has 0 spiro atoms. The average molecular weight is 388 g/mol. The Morgan fingerprint density at radius 2 is 1.75 bits per heavy atom. The molecule has 0 aliphatic carbocycles. The van der Waals surface area contributed by atoms with Gasteiger partial charge in [-0.05, 0) is 30.3 Å². The highest BCUT2D eigenvalue weighted by Crippen LogP contribution is 2.35. The second-order valence-corrected chi connectivity index (χ2v) is 5.72. The number of rotatable bonds is 5. The maximum atomic E-state index is 13.1. The van der Waals surface area contributed by atoms with Gasteiger partial charge in [-0.3, -0.25) is 4.79 Å². The molecule has 0 aliphatic heterocycles. The molecule has 1 aromatic heterocycles. The molecule has 0 aliphatic rings. The molecule has 10 heteroatoms. The highest BCUT2D eigenvalue weighted by Gasteiger charge is 2.33. The first-order chi connectivity index (χ1) is 13.3. The zero-order valence-electron chi connectivity index (χ0n) is 14.6. The molecule has 144 valence electrons. The van der Waals surface area contributed by atoms with Gasteiger partial charge in [0.05, 0.1) is 17.4 Å². The SMILES string of the molecule is CC(=O)Nc1cccc(Nc2cnnc(Nc3ccccc3C(F)(F)F)n2)c1. The molecule has 3 aromatic rings. The quantitative estimate of drug-likeness (QED) is 0.602. The highest BCUT2D eigenvalue weighted by molar-refractivity contribution is 5.89. The summed E-state index contributed by atoms with van der Waals surface area (Å²) in [5.41, 5.74) is 0.173. The van der Waals surface area contributed by atoms with Gasteiger partial charge in [-0.1, -0.05) is 18.2 Å². The smallest absolute Gasteiger partial charge is 0.339 e. The van der Waals surface area contributed by atoms with E-state index in [-0.39, 0.29) is 23.4 Å². The second kappa shape index (κ2) is 7.91. The molecule has 0 radical (unpaired) electrons. The van der Waals surface area contributed by atoms with Crippen molar-refractivity contribution in [3.05, 3.63) is 60.3 Å². The summed E-state index contributed by atoms with van der Waals surface area (Å²) in [4.78, 5) is 15.3. The van der Waals surface area contributed by atoms with E-state index < -0.39 is 11.7 Å². The summed E-state index contributed by atoms with van der Waals surface area (Å²) in [6.07, 6.45) is -3.19. The lowest BCUT2D eigenvalue weighted by Gasteiger charge is -2.13. The van der Waals surface area contributed by atoms with E-state index in [1.165, 1.54) is 31.3 Å². The summed E-state index contributed by atoms with van der Waals surface area (Å²) in [5.74, 6) is -0.0441. The van der Waals surface area contributed by atoms with Gasteiger partial charge >= 0.3 is 6.18 Å². The van der Waals surface area contributed by atoms with E-state index in [2.05, 4.69) is 31.1 Å². The zero-order chi connectivity index (χ0) is 20.1. The van der Waals surface area contributed by atoms with Crippen LogP contribution in [0.5, 0.6) is 0 Å². The first-order valence-corrected chi connectivity index (χ1v) is 8.09. The molecule has 1 heterocycles. The minimum Gasteiger partial charge on any atom is -0.339 e. The Balaban J connectivity index is 1.80. The van der Waals surface area contributed by atoms with Gasteiger partial charge in [-0.25, -0.2) is 0 Å². The van der Waals surface area contributed by atoms with Gasteiger partial charge in [-0.2, -0.15) is 23.3 Å². The second-order valence-electron chi connectivity index (χ2n) is 5.72. The van der Waals surface area contributed by atoms with Gasteiger partial charge in [0.2, 0.25) is 11.9 Å². The molecule has 0 atom stereocenters. The number of nitrogens with one attached hydrogen (secondary N) is 3. The Morgan fingerprint density at radius 3 is 2.50 bits per heavy atom. The number of benzene rings is 2. The number of anilines is 5. The Labute approximate surface area is 158 Å². The number of para-hydroxylation sites is 1. The van der Waals surface area contributed by atoms with Crippen LogP contribution in [-0.2, 0) is 11.0 Å². The van der Waals surface area contributed by atoms with Crippen molar-refractivity contribution in [3.8, 4) is 0 Å². The van der Waals surface area contributed by atoms with Crippen LogP contribution in [0.1, 0.15) is 12.5 Å². The Kier molecular flexibility index (Phi) is 5.39. The van der Waals surface area contributed by atoms with Crippen molar-refractivity contribution in [2.75, 3.05) is 16.0 Å². The van der Waals surface area contributed by atoms with Gasteiger partial charge in [0, 0.05) is 18.3 Å². The summed E-state index contributed by atoms with van der Waals surface area (Å²) in [5, 5.41) is 15.6. The number of aromatic nitrogens is 3. The molecule has 1 amide bonds. The predicted octanol–water partition coefficient (Wildman–Crippen LogP) is 4.34. The molecular formula is C18H15F3N6O. The van der Waals surface area contributed by atoms with Crippen molar-refractivity contribution in [3.63, 3.8) is 0 Å². The average Bonchev–Trinajstić information content (AvgIpc) is 2.61. The molecule has 0 unspecified atom stereocenters. The van der Waals surface area contributed by atoms with Crippen molar-refractivity contribution < 1.29 is 18.0 Å². The van der Waals surface area contributed by atoms with Crippen LogP contribution >= 0.6 is 0 Å². The van der Waals surface area contributed by atoms with Crippen LogP contribution in [0.25, 0.3) is 0 Å². The molecule has 0 saturated heterocycles. The molecule has 2 aromatic carbocycles. The number of hydrogen-bond donors (Lipinski definition) is 3. The van der Waals surface area contributed by atoms with Gasteiger partial charge in [0.15, 0.2) is 5.82 Å². The molecular weight excluding hydrogens is 373 g/mol. The lowest BCUT2D eigenvalue weighted by Crippen LogP contribution is -2.10. The fourth-order valence-corrected chi connectivity index (χ4v) is 2.40. The summed E-state index contributed by atoms with van der Waals surface area (Å²) >= 11 is 0. The number of alkyl halides is 3. The molecule has 28 heavy (non-hydrogen) atoms. The van der Waals surface area contributed by atoms with Crippen LogP contribution in [0.15, 0.2) is 54.7 Å². The third-order valence-corrected chi connectivity index (χ3v) is 3.49. The maximum Gasteiger partial charge on any atom is 0.418 e. The van der Waals surface area contributed by atoms with Crippen LogP contribution in [0, 0.1) is 0 Å². The largest absolute Gasteiger partial charge is 0.418 e. The number of halogens is 3. The fraction of sp³-hybridized carbons (Fsp3) is 0.111. The van der Waals surface area contributed by atoms with Crippen molar-refractivity contribution in [2.24, 2.45) is 0 Å². The predicted molar refractivity (Wildman–Crippen MR) is 98.6 cm³/mol. The maximum absolute atomic E-state index is 13.1. The molecule has 0 saturated carbocycles. The number of nitrogens with zero attached hydrogens (tertiary/aromatic N) is 3. The number of amides is 1. The standard InChI is InChI=1S/C18H15F3N6O/c1-11(28)23-12-5-4-6-13(9-12)24-16-10-22-27-17(26-16)25-15-8-3-2-7-14(15)18(19,20)21/h2-10H,1H3,(H,23,28)(H2,24,25,26,27). The topological polar surface area (TPSA) is 91.8 Å². The van der Waals surface area contributed by atoms with Gasteiger partial charge < -0.3 is 16.0 Å². The van der Waals surface area contributed by atoms with Crippen LogP contribution < -0.4 is 16.0 Å². The summed E-state index contributed by atoms with van der Waals surface area (Å²) in [6, 6.07) is 11.9. The minimum atomic E-state index is -4.52. The zero-order valence-corrected chi connectivity index (χ0v) is 14.6. The van der Waals surface area contributed by atoms with Gasteiger partial charge in [0.1, 0.15) is 0 Å². The summed E-state index contributed by atoms with van der Waals surface area (Å²) < 4.78 is 39.3. The minimum absolute atomic E-state index is 0.0975. The van der Waals surface area contributed by atoms with Crippen molar-refractivity contribution >= 4 is 34.7 Å². The van der Waals surface area contributed by atoms with E-state index in [0.29, 0.717) is 11.4 Å². The Morgan fingerprint density at radius 1 is 1.00 bits per heavy atom. The molecule has 0 bridgehead atoms. The van der Waals surface area contributed by atoms with E-state index in [1.807, 2.05) is 0 Å². The third-order valence-electron chi connectivity index (χ3n) is 3.49. The van der Waals surface area contributed by atoms with Crippen LogP contribution in [0.4, 0.5) is 42.0 Å². The first-order valence-electron chi connectivity index (χ1n) is 8.09. The Bertz CT molecular complexity index is 993. The molecule has 0 fully saturated rings. The number of carbonyl (C=O) groups excluding carboxylic acids is 1. The van der Waals surface area contributed by atoms with E-state index in [4.69, 9.17) is 0 Å². The summed E-state index contributed by atoms with van der Waals surface area (Å²) in [7, 11) is 0. The fourth-order valence-electron chi connectivity index (χ4n) is 2.40. The number of carbonyl (C=O) groups is 1. The van der Waals surface area contributed by atoms with E-state index in [0.717, 1.165) is 6.07 Å². The van der Waals surface area contributed by atoms with Gasteiger partial charge in [-0.15, -0.1) is 5.10 Å². The monoisotopic (exact) mass is 388 g/mol.